The lowest BCUT2D eigenvalue weighted by Gasteiger charge is -2.11. The number of ether oxygens (including phenoxy) is 2. The zero-order valence-corrected chi connectivity index (χ0v) is 16.0. The van der Waals surface area contributed by atoms with Crippen molar-refractivity contribution in [1.82, 2.24) is 5.32 Å². The van der Waals surface area contributed by atoms with E-state index < -0.39 is 0 Å². The van der Waals surface area contributed by atoms with Crippen LogP contribution < -0.4 is 14.8 Å². The molecular formula is C19H21Cl2NO3. The minimum Gasteiger partial charge on any atom is -0.492 e. The monoisotopic (exact) mass is 381 g/mol. The van der Waals surface area contributed by atoms with Crippen LogP contribution in [0.4, 0.5) is 0 Å². The first-order valence-electron chi connectivity index (χ1n) is 7.92. The van der Waals surface area contributed by atoms with E-state index in [2.05, 4.69) is 5.32 Å². The number of benzene rings is 2. The van der Waals surface area contributed by atoms with E-state index in [-0.39, 0.29) is 12.5 Å². The Hall–Kier alpha value is -1.91. The number of carbonyl (C=O) groups is 1. The number of aryl methyl sites for hydroxylation is 3. The van der Waals surface area contributed by atoms with E-state index in [4.69, 9.17) is 32.7 Å². The molecule has 0 unspecified atom stereocenters. The summed E-state index contributed by atoms with van der Waals surface area (Å²) >= 11 is 12.1. The topological polar surface area (TPSA) is 47.6 Å². The van der Waals surface area contributed by atoms with Crippen LogP contribution in [0.2, 0.25) is 10.0 Å². The number of halogens is 2. The van der Waals surface area contributed by atoms with Crippen LogP contribution in [0.25, 0.3) is 0 Å². The average Bonchev–Trinajstić information content (AvgIpc) is 2.57. The lowest BCUT2D eigenvalue weighted by molar-refractivity contribution is -0.123. The molecule has 0 atom stereocenters. The van der Waals surface area contributed by atoms with Crippen LogP contribution in [0.1, 0.15) is 16.7 Å². The molecule has 0 bridgehead atoms. The molecule has 0 aromatic heterocycles. The fourth-order valence-electron chi connectivity index (χ4n) is 2.21. The van der Waals surface area contributed by atoms with Gasteiger partial charge in [0.2, 0.25) is 0 Å². The number of nitrogens with one attached hydrogen (secondary N) is 1. The molecule has 4 nitrogen and oxygen atoms in total. The highest BCUT2D eigenvalue weighted by molar-refractivity contribution is 6.32. The molecule has 0 aliphatic heterocycles. The largest absolute Gasteiger partial charge is 0.492 e. The molecule has 2 aromatic rings. The zero-order valence-electron chi connectivity index (χ0n) is 14.5. The predicted octanol–water partition coefficient (Wildman–Crippen LogP) is 4.49. The molecule has 134 valence electrons. The Kier molecular flexibility index (Phi) is 6.97. The quantitative estimate of drug-likeness (QED) is 0.718. The third-order valence-corrected chi connectivity index (χ3v) is 4.62. The van der Waals surface area contributed by atoms with Gasteiger partial charge in [-0.3, -0.25) is 4.79 Å². The molecule has 1 amide bonds. The molecule has 0 spiro atoms. The summed E-state index contributed by atoms with van der Waals surface area (Å²) < 4.78 is 11.0. The van der Waals surface area contributed by atoms with Gasteiger partial charge in [0.25, 0.3) is 5.91 Å². The van der Waals surface area contributed by atoms with E-state index in [0.29, 0.717) is 34.7 Å². The normalized spacial score (nSPS) is 10.4. The van der Waals surface area contributed by atoms with Crippen molar-refractivity contribution in [3.63, 3.8) is 0 Å². The molecule has 0 radical (unpaired) electrons. The first kappa shape index (κ1) is 19.4. The van der Waals surface area contributed by atoms with Crippen molar-refractivity contribution >= 4 is 29.1 Å². The second kappa shape index (κ2) is 8.97. The van der Waals surface area contributed by atoms with Crippen molar-refractivity contribution in [2.75, 3.05) is 19.8 Å². The van der Waals surface area contributed by atoms with E-state index in [0.717, 1.165) is 16.7 Å². The van der Waals surface area contributed by atoms with Gasteiger partial charge in [0.15, 0.2) is 6.61 Å². The summed E-state index contributed by atoms with van der Waals surface area (Å²) in [5.74, 6) is 1.09. The van der Waals surface area contributed by atoms with Crippen LogP contribution >= 0.6 is 23.2 Å². The van der Waals surface area contributed by atoms with Gasteiger partial charge in [0, 0.05) is 10.0 Å². The van der Waals surface area contributed by atoms with Crippen LogP contribution in [0, 0.1) is 20.8 Å². The number of hydrogen-bond donors (Lipinski definition) is 1. The van der Waals surface area contributed by atoms with Crippen LogP contribution in [0.3, 0.4) is 0 Å². The fourth-order valence-corrected chi connectivity index (χ4v) is 2.49. The standard InChI is InChI=1S/C19H21Cl2NO3/c1-12-4-5-15(10-17(12)20)24-7-6-22-18(23)11-25-16-8-13(2)19(21)14(3)9-16/h4-5,8-10H,6-7,11H2,1-3H3,(H,22,23). The smallest absolute Gasteiger partial charge is 0.258 e. The van der Waals surface area contributed by atoms with E-state index in [1.807, 2.05) is 45.0 Å². The molecule has 6 heteroatoms. The van der Waals surface area contributed by atoms with Gasteiger partial charge >= 0.3 is 0 Å². The van der Waals surface area contributed by atoms with Crippen molar-refractivity contribution < 1.29 is 14.3 Å². The van der Waals surface area contributed by atoms with Crippen LogP contribution in [0.15, 0.2) is 30.3 Å². The van der Waals surface area contributed by atoms with E-state index in [1.165, 1.54) is 0 Å². The van der Waals surface area contributed by atoms with Crippen LogP contribution in [-0.2, 0) is 4.79 Å². The summed E-state index contributed by atoms with van der Waals surface area (Å²) in [6.07, 6.45) is 0. The van der Waals surface area contributed by atoms with Gasteiger partial charge in [-0.1, -0.05) is 29.3 Å². The number of rotatable bonds is 7. The number of carbonyl (C=O) groups excluding carboxylic acids is 1. The summed E-state index contributed by atoms with van der Waals surface area (Å²) in [6.45, 7) is 6.40. The predicted molar refractivity (Wildman–Crippen MR) is 101 cm³/mol. The third kappa shape index (κ3) is 5.83. The van der Waals surface area contributed by atoms with E-state index in [9.17, 15) is 4.79 Å². The van der Waals surface area contributed by atoms with E-state index in [1.54, 1.807) is 6.07 Å². The summed E-state index contributed by atoms with van der Waals surface area (Å²) in [7, 11) is 0. The first-order chi connectivity index (χ1) is 11.9. The minimum atomic E-state index is -0.212. The van der Waals surface area contributed by atoms with Crippen LogP contribution in [-0.4, -0.2) is 25.7 Å². The molecule has 0 aliphatic rings. The van der Waals surface area contributed by atoms with Crippen molar-refractivity contribution in [1.29, 1.82) is 0 Å². The maximum absolute atomic E-state index is 11.8. The Morgan fingerprint density at radius 3 is 2.28 bits per heavy atom. The molecule has 25 heavy (non-hydrogen) atoms. The third-order valence-electron chi connectivity index (χ3n) is 3.62. The van der Waals surface area contributed by atoms with Gasteiger partial charge in [0.1, 0.15) is 18.1 Å². The Morgan fingerprint density at radius 2 is 1.64 bits per heavy atom. The molecule has 0 fully saturated rings. The van der Waals surface area contributed by atoms with Crippen molar-refractivity contribution in [2.45, 2.75) is 20.8 Å². The van der Waals surface area contributed by atoms with Crippen molar-refractivity contribution in [2.24, 2.45) is 0 Å². The molecular weight excluding hydrogens is 361 g/mol. The first-order valence-corrected chi connectivity index (χ1v) is 8.67. The second-order valence-electron chi connectivity index (χ2n) is 5.77. The Bertz CT molecular complexity index is 739. The highest BCUT2D eigenvalue weighted by atomic mass is 35.5. The van der Waals surface area contributed by atoms with Gasteiger partial charge in [0.05, 0.1) is 6.54 Å². The number of amides is 1. The highest BCUT2D eigenvalue weighted by Gasteiger charge is 2.06. The maximum Gasteiger partial charge on any atom is 0.258 e. The Morgan fingerprint density at radius 1 is 0.960 bits per heavy atom. The molecule has 2 rings (SSSR count). The molecule has 0 heterocycles. The van der Waals surface area contributed by atoms with Gasteiger partial charge < -0.3 is 14.8 Å². The summed E-state index contributed by atoms with van der Waals surface area (Å²) in [4.78, 5) is 11.8. The second-order valence-corrected chi connectivity index (χ2v) is 6.55. The lowest BCUT2D eigenvalue weighted by Crippen LogP contribution is -2.32. The van der Waals surface area contributed by atoms with Gasteiger partial charge in [-0.2, -0.15) is 0 Å². The Balaban J connectivity index is 1.71. The maximum atomic E-state index is 11.8. The molecule has 0 aliphatic carbocycles. The molecule has 0 saturated carbocycles. The van der Waals surface area contributed by atoms with Gasteiger partial charge in [-0.25, -0.2) is 0 Å². The minimum absolute atomic E-state index is 0.0587. The van der Waals surface area contributed by atoms with E-state index >= 15 is 0 Å². The summed E-state index contributed by atoms with van der Waals surface area (Å²) in [6, 6.07) is 9.12. The van der Waals surface area contributed by atoms with Crippen LogP contribution in [0.5, 0.6) is 11.5 Å². The molecule has 1 N–H and O–H groups in total. The fraction of sp³-hybridized carbons (Fsp3) is 0.316. The van der Waals surface area contributed by atoms with Crippen molar-refractivity contribution in [3.05, 3.63) is 57.1 Å². The molecule has 2 aromatic carbocycles. The number of hydrogen-bond acceptors (Lipinski definition) is 3. The average molecular weight is 382 g/mol. The van der Waals surface area contributed by atoms with Gasteiger partial charge in [-0.05, 0) is 61.7 Å². The van der Waals surface area contributed by atoms with Gasteiger partial charge in [-0.15, -0.1) is 0 Å². The Labute approximate surface area is 158 Å². The zero-order chi connectivity index (χ0) is 18.4. The lowest BCUT2D eigenvalue weighted by atomic mass is 10.1. The SMILES string of the molecule is Cc1ccc(OCCNC(=O)COc2cc(C)c(Cl)c(C)c2)cc1Cl. The van der Waals surface area contributed by atoms with Crippen molar-refractivity contribution in [3.8, 4) is 11.5 Å². The highest BCUT2D eigenvalue weighted by Crippen LogP contribution is 2.25. The summed E-state index contributed by atoms with van der Waals surface area (Å²) in [5.41, 5.74) is 2.83. The molecule has 0 saturated heterocycles. The summed E-state index contributed by atoms with van der Waals surface area (Å²) in [5, 5.41) is 4.11.